The van der Waals surface area contributed by atoms with E-state index in [-0.39, 0.29) is 5.82 Å². The molecule has 126 valence electrons. The van der Waals surface area contributed by atoms with E-state index in [0.717, 1.165) is 41.5 Å². The van der Waals surface area contributed by atoms with Gasteiger partial charge in [0.25, 0.3) is 0 Å². The van der Waals surface area contributed by atoms with Gasteiger partial charge in [0.1, 0.15) is 5.82 Å². The molecule has 1 nitrogen and oxygen atoms in total. The van der Waals surface area contributed by atoms with Crippen molar-refractivity contribution < 1.29 is 8.78 Å². The summed E-state index contributed by atoms with van der Waals surface area (Å²) >= 11 is 0. The van der Waals surface area contributed by atoms with E-state index >= 15 is 4.39 Å². The summed E-state index contributed by atoms with van der Waals surface area (Å²) in [5.74, 6) is -0.786. The van der Waals surface area contributed by atoms with Gasteiger partial charge < -0.3 is 0 Å². The molecule has 0 aliphatic rings. The molecule has 0 spiro atoms. The van der Waals surface area contributed by atoms with Crippen LogP contribution >= 0.6 is 0 Å². The van der Waals surface area contributed by atoms with Gasteiger partial charge >= 0.3 is 0 Å². The van der Waals surface area contributed by atoms with Gasteiger partial charge in [0, 0.05) is 11.4 Å². The quantitative estimate of drug-likeness (QED) is 0.488. The fourth-order valence-electron chi connectivity index (χ4n) is 3.89. The fraction of sp³-hybridized carbons (Fsp3) is 0.706. The third-order valence-electron chi connectivity index (χ3n) is 6.13. The molecule has 22 heavy (non-hydrogen) atoms. The Labute approximate surface area is 136 Å². The molecule has 1 aromatic heterocycles. The zero-order valence-corrected chi connectivity index (χ0v) is 17.0. The number of halogens is 2. The molecule has 1 aromatic rings. The maximum atomic E-state index is 15.4. The smallest absolute Gasteiger partial charge is 0.214 e. The van der Waals surface area contributed by atoms with Crippen LogP contribution in [0.25, 0.3) is 0 Å². The molecule has 0 saturated heterocycles. The standard InChI is InChI=1S/C17H31F2NSi2/c1-7-21(8-2,9-3)14-13-20-17(19)16(15(14)18)22(10-4,11-5)12-6/h13H,7-12H2,1-6H3. The molecule has 0 unspecified atom stereocenters. The molecule has 0 N–H and O–H groups in total. The predicted octanol–water partition coefficient (Wildman–Crippen LogP) is 4.79. The molecule has 0 radical (unpaired) electrons. The van der Waals surface area contributed by atoms with Crippen molar-refractivity contribution in [3.05, 3.63) is 18.0 Å². The SMILES string of the molecule is CC[Si](CC)(CC)c1cnc(F)c([Si](CC)(CC)CC)c1F. The zero-order chi connectivity index (χ0) is 17.0. The highest BCUT2D eigenvalue weighted by molar-refractivity contribution is 6.94. The van der Waals surface area contributed by atoms with Gasteiger partial charge in [-0.2, -0.15) is 4.39 Å². The summed E-state index contributed by atoms with van der Waals surface area (Å²) in [5.41, 5.74) is 0. The van der Waals surface area contributed by atoms with Crippen molar-refractivity contribution >= 4 is 26.5 Å². The van der Waals surface area contributed by atoms with Gasteiger partial charge in [0.05, 0.1) is 16.1 Å². The second-order valence-corrected chi connectivity index (χ2v) is 16.7. The second kappa shape index (κ2) is 7.82. The van der Waals surface area contributed by atoms with Gasteiger partial charge in [-0.15, -0.1) is 0 Å². The lowest BCUT2D eigenvalue weighted by molar-refractivity contribution is 0.567. The van der Waals surface area contributed by atoms with Crippen LogP contribution in [0.15, 0.2) is 6.20 Å². The average molecular weight is 344 g/mol. The molecular weight excluding hydrogens is 312 g/mol. The number of nitrogens with zero attached hydrogens (tertiary/aromatic N) is 1. The number of pyridine rings is 1. The molecule has 0 saturated carbocycles. The summed E-state index contributed by atoms with van der Waals surface area (Å²) in [5, 5.41) is 1.15. The lowest BCUT2D eigenvalue weighted by Crippen LogP contribution is -2.56. The number of hydrogen-bond acceptors (Lipinski definition) is 1. The largest absolute Gasteiger partial charge is 0.228 e. The summed E-state index contributed by atoms with van der Waals surface area (Å²) in [6, 6.07) is 5.58. The fourth-order valence-corrected chi connectivity index (χ4v) is 11.3. The van der Waals surface area contributed by atoms with Crippen LogP contribution in [0, 0.1) is 11.8 Å². The monoisotopic (exact) mass is 343 g/mol. The first kappa shape index (κ1) is 19.5. The van der Waals surface area contributed by atoms with Crippen LogP contribution in [0.1, 0.15) is 41.5 Å². The molecule has 0 amide bonds. The Morgan fingerprint density at radius 2 is 1.18 bits per heavy atom. The molecule has 1 rings (SSSR count). The highest BCUT2D eigenvalue weighted by atomic mass is 28.3. The second-order valence-electron chi connectivity index (χ2n) is 6.33. The predicted molar refractivity (Wildman–Crippen MR) is 97.8 cm³/mol. The first-order valence-corrected chi connectivity index (χ1v) is 14.0. The van der Waals surface area contributed by atoms with Crippen molar-refractivity contribution in [1.29, 1.82) is 0 Å². The van der Waals surface area contributed by atoms with E-state index in [2.05, 4.69) is 46.5 Å². The average Bonchev–Trinajstić information content (AvgIpc) is 2.55. The minimum Gasteiger partial charge on any atom is -0.228 e. The molecule has 0 aliphatic carbocycles. The van der Waals surface area contributed by atoms with Crippen LogP contribution in [0.4, 0.5) is 8.78 Å². The van der Waals surface area contributed by atoms with Crippen LogP contribution < -0.4 is 10.4 Å². The zero-order valence-electron chi connectivity index (χ0n) is 15.0. The summed E-state index contributed by atoms with van der Waals surface area (Å²) in [4.78, 5) is 4.02. The summed E-state index contributed by atoms with van der Waals surface area (Å²) in [7, 11) is -4.01. The Morgan fingerprint density at radius 3 is 1.55 bits per heavy atom. The molecular formula is C17H31F2NSi2. The molecule has 0 bridgehead atoms. The van der Waals surface area contributed by atoms with E-state index in [1.807, 2.05) is 0 Å². The van der Waals surface area contributed by atoms with Gasteiger partial charge in [-0.1, -0.05) is 77.8 Å². The van der Waals surface area contributed by atoms with E-state index in [0.29, 0.717) is 5.19 Å². The highest BCUT2D eigenvalue weighted by Crippen LogP contribution is 2.25. The van der Waals surface area contributed by atoms with Crippen molar-refractivity contribution in [2.24, 2.45) is 0 Å². The van der Waals surface area contributed by atoms with Crippen LogP contribution in [0.3, 0.4) is 0 Å². The Kier molecular flexibility index (Phi) is 6.93. The maximum absolute atomic E-state index is 15.4. The Bertz CT molecular complexity index is 481. The normalized spacial score (nSPS) is 12.7. The van der Waals surface area contributed by atoms with E-state index in [4.69, 9.17) is 0 Å². The first-order chi connectivity index (χ1) is 10.4. The maximum Gasteiger partial charge on any atom is 0.214 e. The van der Waals surface area contributed by atoms with Crippen molar-refractivity contribution in [2.75, 3.05) is 0 Å². The van der Waals surface area contributed by atoms with E-state index in [1.54, 1.807) is 0 Å². The van der Waals surface area contributed by atoms with E-state index in [1.165, 1.54) is 6.20 Å². The minimum absolute atomic E-state index is 0.234. The van der Waals surface area contributed by atoms with Gasteiger partial charge in [-0.25, -0.2) is 9.37 Å². The third-order valence-corrected chi connectivity index (χ3v) is 17.2. The number of aromatic nitrogens is 1. The summed E-state index contributed by atoms with van der Waals surface area (Å²) in [6.07, 6.45) is 1.51. The molecule has 1 heterocycles. The van der Waals surface area contributed by atoms with E-state index in [9.17, 15) is 4.39 Å². The van der Waals surface area contributed by atoms with Gasteiger partial charge in [-0.3, -0.25) is 0 Å². The van der Waals surface area contributed by atoms with Crippen molar-refractivity contribution in [3.8, 4) is 0 Å². The molecule has 0 aromatic carbocycles. The van der Waals surface area contributed by atoms with E-state index < -0.39 is 22.1 Å². The lowest BCUT2D eigenvalue weighted by Gasteiger charge is -2.33. The van der Waals surface area contributed by atoms with Crippen LogP contribution in [0.2, 0.25) is 36.3 Å². The van der Waals surface area contributed by atoms with Crippen molar-refractivity contribution in [3.63, 3.8) is 0 Å². The number of hydrogen-bond donors (Lipinski definition) is 0. The Balaban J connectivity index is 3.66. The van der Waals surface area contributed by atoms with Gasteiger partial charge in [0.15, 0.2) is 0 Å². The first-order valence-electron chi connectivity index (χ1n) is 8.76. The number of rotatable bonds is 8. The Morgan fingerprint density at radius 1 is 0.773 bits per heavy atom. The van der Waals surface area contributed by atoms with Crippen LogP contribution in [-0.2, 0) is 0 Å². The molecule has 5 heteroatoms. The topological polar surface area (TPSA) is 12.9 Å². The minimum atomic E-state index is -2.12. The van der Waals surface area contributed by atoms with Gasteiger partial charge in [-0.05, 0) is 5.19 Å². The molecule has 0 aliphatic heterocycles. The van der Waals surface area contributed by atoms with Crippen molar-refractivity contribution in [1.82, 2.24) is 4.98 Å². The van der Waals surface area contributed by atoms with Crippen LogP contribution in [0.5, 0.6) is 0 Å². The van der Waals surface area contributed by atoms with Gasteiger partial charge in [0.2, 0.25) is 5.95 Å². The lowest BCUT2D eigenvalue weighted by atomic mass is 10.4. The third kappa shape index (κ3) is 3.07. The molecule has 0 atom stereocenters. The summed E-state index contributed by atoms with van der Waals surface area (Å²) in [6.45, 7) is 12.7. The highest BCUT2D eigenvalue weighted by Gasteiger charge is 2.40. The van der Waals surface area contributed by atoms with Crippen molar-refractivity contribution in [2.45, 2.75) is 77.8 Å². The Hall–Kier alpha value is -0.556. The van der Waals surface area contributed by atoms with Crippen LogP contribution in [-0.4, -0.2) is 21.1 Å². The molecule has 0 fully saturated rings. The summed E-state index contributed by atoms with van der Waals surface area (Å²) < 4.78 is 29.9.